The first-order valence-corrected chi connectivity index (χ1v) is 7.94. The summed E-state index contributed by atoms with van der Waals surface area (Å²) in [4.78, 5) is 37.7. The number of H-pyrrole nitrogens is 1. The van der Waals surface area contributed by atoms with Crippen LogP contribution in [0.15, 0.2) is 17.1 Å². The molecule has 24 heavy (non-hydrogen) atoms. The maximum atomic E-state index is 12.3. The van der Waals surface area contributed by atoms with E-state index in [4.69, 9.17) is 5.73 Å². The molecule has 2 aromatic rings. The number of amides is 2. The van der Waals surface area contributed by atoms with Gasteiger partial charge in [-0.1, -0.05) is 0 Å². The molecule has 1 fully saturated rings. The van der Waals surface area contributed by atoms with Gasteiger partial charge in [0, 0.05) is 24.9 Å². The first-order valence-electron chi connectivity index (χ1n) is 7.94. The van der Waals surface area contributed by atoms with Crippen molar-refractivity contribution in [2.24, 2.45) is 5.73 Å². The summed E-state index contributed by atoms with van der Waals surface area (Å²) < 4.78 is 1.63. The number of nitrogens with zero attached hydrogens (tertiary/aromatic N) is 2. The van der Waals surface area contributed by atoms with Gasteiger partial charge in [-0.15, -0.1) is 0 Å². The summed E-state index contributed by atoms with van der Waals surface area (Å²) in [5.41, 5.74) is 6.24. The summed E-state index contributed by atoms with van der Waals surface area (Å²) in [6, 6.07) is 1.55. The lowest BCUT2D eigenvalue weighted by atomic mass is 9.94. The van der Waals surface area contributed by atoms with Crippen LogP contribution in [0.5, 0.6) is 0 Å². The molecule has 0 atom stereocenters. The number of aromatic amines is 1. The van der Waals surface area contributed by atoms with Crippen molar-refractivity contribution in [3.05, 3.63) is 33.9 Å². The van der Waals surface area contributed by atoms with E-state index in [0.717, 1.165) is 31.6 Å². The summed E-state index contributed by atoms with van der Waals surface area (Å²) in [5, 5.41) is 10.2. The Morgan fingerprint density at radius 2 is 2.12 bits per heavy atom. The Hall–Kier alpha value is -2.68. The minimum atomic E-state index is -0.489. The lowest BCUT2D eigenvalue weighted by Crippen LogP contribution is -2.29. The number of nitrogens with one attached hydrogen (secondary N) is 3. The highest BCUT2D eigenvalue weighted by molar-refractivity contribution is 5.99. The lowest BCUT2D eigenvalue weighted by molar-refractivity contribution is -0.117. The fourth-order valence-electron chi connectivity index (χ4n) is 2.98. The average molecular weight is 332 g/mol. The quantitative estimate of drug-likeness (QED) is 0.562. The zero-order valence-corrected chi connectivity index (χ0v) is 13.2. The predicted molar refractivity (Wildman–Crippen MR) is 86.8 cm³/mol. The highest BCUT2D eigenvalue weighted by atomic mass is 16.2. The molecule has 0 radical (unpaired) electrons. The molecule has 0 spiro atoms. The molecule has 128 valence electrons. The fraction of sp³-hybridized carbons (Fsp3) is 0.467. The van der Waals surface area contributed by atoms with Crippen LogP contribution in [0.4, 0.5) is 0 Å². The standard InChI is InChI=1S/C15H20N6O3/c16-12(22)3-6-18-15(24)10-8-19-21-11(7-13(23)20-14(10)21)9-1-4-17-5-2-9/h7-9,17H,1-6H2,(H2,16,22)(H,18,24)(H,20,23). The zero-order valence-electron chi connectivity index (χ0n) is 13.2. The van der Waals surface area contributed by atoms with Gasteiger partial charge in [-0.2, -0.15) is 5.10 Å². The Bertz CT molecular complexity index is 818. The van der Waals surface area contributed by atoms with Gasteiger partial charge in [0.2, 0.25) is 5.91 Å². The van der Waals surface area contributed by atoms with Crippen molar-refractivity contribution in [1.29, 1.82) is 0 Å². The second-order valence-electron chi connectivity index (χ2n) is 5.87. The van der Waals surface area contributed by atoms with Gasteiger partial charge >= 0.3 is 0 Å². The molecule has 1 aliphatic heterocycles. The zero-order chi connectivity index (χ0) is 17.1. The van der Waals surface area contributed by atoms with E-state index in [-0.39, 0.29) is 30.0 Å². The van der Waals surface area contributed by atoms with Crippen molar-refractivity contribution in [2.75, 3.05) is 19.6 Å². The first kappa shape index (κ1) is 16.2. The molecule has 0 aliphatic carbocycles. The summed E-state index contributed by atoms with van der Waals surface area (Å²) in [6.45, 7) is 1.92. The SMILES string of the molecule is NC(=O)CCNC(=O)c1cnn2c(C3CCNCC3)cc(=O)[nH]c12. The molecule has 0 aromatic carbocycles. The van der Waals surface area contributed by atoms with E-state index in [1.807, 2.05) is 0 Å². The number of hydrogen-bond acceptors (Lipinski definition) is 5. The van der Waals surface area contributed by atoms with Gasteiger partial charge in [0.1, 0.15) is 11.2 Å². The number of carbonyl (C=O) groups is 2. The molecule has 9 nitrogen and oxygen atoms in total. The number of rotatable bonds is 5. The van der Waals surface area contributed by atoms with Gasteiger partial charge < -0.3 is 21.4 Å². The predicted octanol–water partition coefficient (Wildman–Crippen LogP) is -0.905. The minimum absolute atomic E-state index is 0.0573. The Labute approximate surface area is 137 Å². The Morgan fingerprint density at radius 1 is 1.38 bits per heavy atom. The molecule has 0 unspecified atom stereocenters. The fourth-order valence-corrected chi connectivity index (χ4v) is 2.98. The van der Waals surface area contributed by atoms with E-state index in [9.17, 15) is 14.4 Å². The van der Waals surface area contributed by atoms with Crippen LogP contribution in [0.2, 0.25) is 0 Å². The van der Waals surface area contributed by atoms with Gasteiger partial charge in [-0.25, -0.2) is 4.52 Å². The molecular weight excluding hydrogens is 312 g/mol. The average Bonchev–Trinajstić information content (AvgIpc) is 2.98. The van der Waals surface area contributed by atoms with Gasteiger partial charge in [0.15, 0.2) is 0 Å². The van der Waals surface area contributed by atoms with Crippen LogP contribution in [0.3, 0.4) is 0 Å². The third-order valence-electron chi connectivity index (χ3n) is 4.19. The molecule has 0 saturated carbocycles. The molecule has 9 heteroatoms. The molecular formula is C15H20N6O3. The van der Waals surface area contributed by atoms with Crippen molar-refractivity contribution in [3.8, 4) is 0 Å². The number of aromatic nitrogens is 3. The number of carbonyl (C=O) groups excluding carboxylic acids is 2. The van der Waals surface area contributed by atoms with Gasteiger partial charge in [0.25, 0.3) is 11.5 Å². The van der Waals surface area contributed by atoms with Crippen molar-refractivity contribution in [3.63, 3.8) is 0 Å². The minimum Gasteiger partial charge on any atom is -0.370 e. The second-order valence-corrected chi connectivity index (χ2v) is 5.87. The third-order valence-corrected chi connectivity index (χ3v) is 4.19. The normalized spacial score (nSPS) is 15.5. The van der Waals surface area contributed by atoms with E-state index in [1.54, 1.807) is 10.6 Å². The van der Waals surface area contributed by atoms with Crippen molar-refractivity contribution in [2.45, 2.75) is 25.2 Å². The number of fused-ring (bicyclic) bond motifs is 1. The topological polar surface area (TPSA) is 134 Å². The van der Waals surface area contributed by atoms with Crippen LogP contribution < -0.4 is 21.9 Å². The van der Waals surface area contributed by atoms with Crippen LogP contribution in [0.25, 0.3) is 5.65 Å². The molecule has 1 saturated heterocycles. The monoisotopic (exact) mass is 332 g/mol. The van der Waals surface area contributed by atoms with Crippen molar-refractivity contribution < 1.29 is 9.59 Å². The number of piperidine rings is 1. The van der Waals surface area contributed by atoms with E-state index in [0.29, 0.717) is 5.65 Å². The molecule has 0 bridgehead atoms. The molecule has 3 rings (SSSR count). The van der Waals surface area contributed by atoms with Crippen molar-refractivity contribution >= 4 is 17.5 Å². The van der Waals surface area contributed by atoms with E-state index in [1.165, 1.54) is 6.20 Å². The summed E-state index contributed by atoms with van der Waals surface area (Å²) in [5.74, 6) is -0.664. The van der Waals surface area contributed by atoms with Crippen LogP contribution in [-0.2, 0) is 4.79 Å². The van der Waals surface area contributed by atoms with Gasteiger partial charge in [-0.05, 0) is 25.9 Å². The lowest BCUT2D eigenvalue weighted by Gasteiger charge is -2.23. The van der Waals surface area contributed by atoms with Crippen LogP contribution >= 0.6 is 0 Å². The van der Waals surface area contributed by atoms with Crippen LogP contribution in [-0.4, -0.2) is 46.0 Å². The maximum absolute atomic E-state index is 12.3. The van der Waals surface area contributed by atoms with Gasteiger partial charge in [-0.3, -0.25) is 14.4 Å². The van der Waals surface area contributed by atoms with E-state index < -0.39 is 11.8 Å². The van der Waals surface area contributed by atoms with E-state index >= 15 is 0 Å². The molecule has 2 aromatic heterocycles. The highest BCUT2D eigenvalue weighted by Crippen LogP contribution is 2.24. The smallest absolute Gasteiger partial charge is 0.256 e. The Balaban J connectivity index is 1.91. The first-order chi connectivity index (χ1) is 11.6. The highest BCUT2D eigenvalue weighted by Gasteiger charge is 2.22. The Kier molecular flexibility index (Phi) is 4.61. The summed E-state index contributed by atoms with van der Waals surface area (Å²) >= 11 is 0. The number of primary amides is 1. The van der Waals surface area contributed by atoms with Crippen molar-refractivity contribution in [1.82, 2.24) is 25.2 Å². The number of hydrogen-bond donors (Lipinski definition) is 4. The van der Waals surface area contributed by atoms with Crippen LogP contribution in [0.1, 0.15) is 41.2 Å². The number of nitrogens with two attached hydrogens (primary N) is 1. The largest absolute Gasteiger partial charge is 0.370 e. The summed E-state index contributed by atoms with van der Waals surface area (Å²) in [6.07, 6.45) is 3.31. The molecule has 1 aliphatic rings. The summed E-state index contributed by atoms with van der Waals surface area (Å²) in [7, 11) is 0. The molecule has 3 heterocycles. The molecule has 5 N–H and O–H groups in total. The second kappa shape index (κ2) is 6.83. The third kappa shape index (κ3) is 3.30. The van der Waals surface area contributed by atoms with Crippen LogP contribution in [0, 0.1) is 0 Å². The maximum Gasteiger partial charge on any atom is 0.256 e. The van der Waals surface area contributed by atoms with Gasteiger partial charge in [0.05, 0.1) is 11.9 Å². The molecule has 2 amide bonds. The Morgan fingerprint density at radius 3 is 2.83 bits per heavy atom. The van der Waals surface area contributed by atoms with E-state index in [2.05, 4.69) is 20.7 Å².